The van der Waals surface area contributed by atoms with E-state index in [9.17, 15) is 18.0 Å². The van der Waals surface area contributed by atoms with Crippen LogP contribution in [-0.4, -0.2) is 58.5 Å². The number of aryl methyl sites for hydroxylation is 2. The zero-order valence-corrected chi connectivity index (χ0v) is 26.9. The molecule has 3 rings (SSSR count). The van der Waals surface area contributed by atoms with Crippen LogP contribution in [0.4, 0.5) is 5.69 Å². The number of nitrogens with zero attached hydrogens (tertiary/aromatic N) is 2. The summed E-state index contributed by atoms with van der Waals surface area (Å²) < 4.78 is 40.3. The van der Waals surface area contributed by atoms with Crippen LogP contribution in [0.25, 0.3) is 0 Å². The Kier molecular flexibility index (Phi) is 11.6. The van der Waals surface area contributed by atoms with Gasteiger partial charge in [0, 0.05) is 13.1 Å². The van der Waals surface area contributed by atoms with Gasteiger partial charge in [-0.15, -0.1) is 0 Å². The summed E-state index contributed by atoms with van der Waals surface area (Å²) in [7, 11) is -1.21. The fraction of sp³-hybridized carbons (Fsp3) is 0.394. The number of methoxy groups -OCH3 is 2. The van der Waals surface area contributed by atoms with Gasteiger partial charge in [-0.05, 0) is 73.7 Å². The maximum Gasteiger partial charge on any atom is 0.264 e. The van der Waals surface area contributed by atoms with E-state index in [1.54, 1.807) is 43.5 Å². The zero-order chi connectivity index (χ0) is 31.7. The van der Waals surface area contributed by atoms with Gasteiger partial charge in [-0.25, -0.2) is 8.42 Å². The highest BCUT2D eigenvalue weighted by molar-refractivity contribution is 7.92. The lowest BCUT2D eigenvalue weighted by molar-refractivity contribution is -0.140. The number of benzene rings is 3. The van der Waals surface area contributed by atoms with Gasteiger partial charge in [0.05, 0.1) is 24.8 Å². The molecule has 43 heavy (non-hydrogen) atoms. The van der Waals surface area contributed by atoms with Crippen molar-refractivity contribution in [3.05, 3.63) is 83.4 Å². The molecule has 1 unspecified atom stereocenters. The highest BCUT2D eigenvalue weighted by atomic mass is 32.2. The van der Waals surface area contributed by atoms with E-state index in [1.807, 2.05) is 52.8 Å². The van der Waals surface area contributed by atoms with Crippen LogP contribution in [0.2, 0.25) is 0 Å². The molecule has 1 atom stereocenters. The van der Waals surface area contributed by atoms with Crippen LogP contribution in [0.3, 0.4) is 0 Å². The number of carbonyl (C=O) groups excluding carboxylic acids is 2. The lowest BCUT2D eigenvalue weighted by Gasteiger charge is -2.33. The Labute approximate surface area is 255 Å². The molecule has 232 valence electrons. The Balaban J connectivity index is 2.12. The van der Waals surface area contributed by atoms with E-state index >= 15 is 0 Å². The van der Waals surface area contributed by atoms with Crippen molar-refractivity contribution in [1.82, 2.24) is 10.2 Å². The van der Waals surface area contributed by atoms with Crippen molar-refractivity contribution in [1.29, 1.82) is 0 Å². The highest BCUT2D eigenvalue weighted by Gasteiger charge is 2.35. The number of rotatable bonds is 14. The summed E-state index contributed by atoms with van der Waals surface area (Å²) in [6.45, 7) is 9.49. The van der Waals surface area contributed by atoms with Crippen LogP contribution in [0.15, 0.2) is 71.6 Å². The van der Waals surface area contributed by atoms with Crippen molar-refractivity contribution in [2.24, 2.45) is 5.92 Å². The van der Waals surface area contributed by atoms with Crippen molar-refractivity contribution in [2.75, 3.05) is 31.6 Å². The van der Waals surface area contributed by atoms with Gasteiger partial charge in [0.1, 0.15) is 24.1 Å². The molecule has 0 aliphatic carbocycles. The predicted octanol–water partition coefficient (Wildman–Crippen LogP) is 5.10. The van der Waals surface area contributed by atoms with Gasteiger partial charge >= 0.3 is 0 Å². The van der Waals surface area contributed by atoms with Crippen molar-refractivity contribution in [3.63, 3.8) is 0 Å². The Morgan fingerprint density at radius 1 is 0.907 bits per heavy atom. The first-order valence-electron chi connectivity index (χ1n) is 14.3. The van der Waals surface area contributed by atoms with Gasteiger partial charge in [0.15, 0.2) is 0 Å². The zero-order valence-electron chi connectivity index (χ0n) is 26.1. The van der Waals surface area contributed by atoms with Crippen LogP contribution in [0, 0.1) is 19.8 Å². The molecule has 0 fully saturated rings. The molecule has 1 N–H and O–H groups in total. The molecule has 3 aromatic carbocycles. The number of ether oxygens (including phenoxy) is 2. The molecule has 0 saturated carbocycles. The molecule has 0 bridgehead atoms. The standard InChI is InChI=1S/C33H43N3O6S/c1-8-29(33(38)34-20-23(2)3)35(21-26-10-9-11-27(19-26)41-6)32(37)22-36(30-18-25(5)14-17-31(30)42-7)43(39,40)28-15-12-24(4)13-16-28/h9-19,23,29H,8,20-22H2,1-7H3,(H,34,38). The van der Waals surface area contributed by atoms with Crippen molar-refractivity contribution in [3.8, 4) is 11.5 Å². The van der Waals surface area contributed by atoms with Crippen molar-refractivity contribution in [2.45, 2.75) is 58.5 Å². The maximum atomic E-state index is 14.3. The SMILES string of the molecule is CCC(C(=O)NCC(C)C)N(Cc1cccc(OC)c1)C(=O)CN(c1cc(C)ccc1OC)S(=O)(=O)c1ccc(C)cc1. The fourth-order valence-corrected chi connectivity index (χ4v) is 6.07. The second kappa shape index (κ2) is 14.9. The Morgan fingerprint density at radius 2 is 1.58 bits per heavy atom. The van der Waals surface area contributed by atoms with E-state index in [1.165, 1.54) is 24.1 Å². The summed E-state index contributed by atoms with van der Waals surface area (Å²) in [6.07, 6.45) is 0.331. The Morgan fingerprint density at radius 3 is 2.19 bits per heavy atom. The van der Waals surface area contributed by atoms with E-state index in [0.717, 1.165) is 21.0 Å². The quantitative estimate of drug-likeness (QED) is 0.273. The Hall–Kier alpha value is -4.05. The van der Waals surface area contributed by atoms with Gasteiger partial charge in [0.2, 0.25) is 11.8 Å². The molecule has 10 heteroatoms. The van der Waals surface area contributed by atoms with E-state index in [-0.39, 0.29) is 29.0 Å². The van der Waals surface area contributed by atoms with Crippen LogP contribution in [0.1, 0.15) is 43.9 Å². The summed E-state index contributed by atoms with van der Waals surface area (Å²) in [5, 5.41) is 2.94. The molecular formula is C33H43N3O6S. The number of hydrogen-bond donors (Lipinski definition) is 1. The number of anilines is 1. The second-order valence-corrected chi connectivity index (χ2v) is 12.8. The number of sulfonamides is 1. The fourth-order valence-electron chi connectivity index (χ4n) is 4.66. The third-order valence-corrected chi connectivity index (χ3v) is 8.82. The Bertz CT molecular complexity index is 1510. The van der Waals surface area contributed by atoms with Gasteiger partial charge in [-0.1, -0.05) is 56.7 Å². The minimum Gasteiger partial charge on any atom is -0.497 e. The number of carbonyl (C=O) groups is 2. The smallest absolute Gasteiger partial charge is 0.264 e. The van der Waals surface area contributed by atoms with E-state index < -0.39 is 28.5 Å². The molecule has 0 heterocycles. The molecule has 0 aromatic heterocycles. The highest BCUT2D eigenvalue weighted by Crippen LogP contribution is 2.34. The molecule has 0 saturated heterocycles. The normalized spacial score (nSPS) is 12.0. The average Bonchev–Trinajstić information content (AvgIpc) is 2.98. The van der Waals surface area contributed by atoms with Gasteiger partial charge < -0.3 is 19.7 Å². The third-order valence-electron chi connectivity index (χ3n) is 7.05. The third kappa shape index (κ3) is 8.50. The van der Waals surface area contributed by atoms with Crippen LogP contribution >= 0.6 is 0 Å². The van der Waals surface area contributed by atoms with Crippen LogP contribution in [-0.2, 0) is 26.2 Å². The summed E-state index contributed by atoms with van der Waals surface area (Å²) in [5.41, 5.74) is 2.66. The van der Waals surface area contributed by atoms with E-state index in [4.69, 9.17) is 9.47 Å². The first-order chi connectivity index (χ1) is 20.4. The van der Waals surface area contributed by atoms with Gasteiger partial charge in [0.25, 0.3) is 10.0 Å². The van der Waals surface area contributed by atoms with Crippen LogP contribution in [0.5, 0.6) is 11.5 Å². The minimum atomic E-state index is -4.22. The first-order valence-corrected chi connectivity index (χ1v) is 15.8. The number of hydrogen-bond acceptors (Lipinski definition) is 6. The lowest BCUT2D eigenvalue weighted by Crippen LogP contribution is -2.52. The lowest BCUT2D eigenvalue weighted by atomic mass is 10.1. The molecule has 3 aromatic rings. The molecule has 2 amide bonds. The van der Waals surface area contributed by atoms with Gasteiger partial charge in [-0.2, -0.15) is 0 Å². The molecular weight excluding hydrogens is 566 g/mol. The second-order valence-electron chi connectivity index (χ2n) is 10.9. The van der Waals surface area contributed by atoms with Crippen molar-refractivity contribution < 1.29 is 27.5 Å². The van der Waals surface area contributed by atoms with Gasteiger partial charge in [-0.3, -0.25) is 13.9 Å². The summed E-state index contributed by atoms with van der Waals surface area (Å²) in [4.78, 5) is 29.2. The average molecular weight is 610 g/mol. The first kappa shape index (κ1) is 33.5. The largest absolute Gasteiger partial charge is 0.497 e. The predicted molar refractivity (Wildman–Crippen MR) is 169 cm³/mol. The molecule has 9 nitrogen and oxygen atoms in total. The minimum absolute atomic E-state index is 0.0375. The molecule has 0 radical (unpaired) electrons. The monoisotopic (exact) mass is 609 g/mol. The van der Waals surface area contributed by atoms with Crippen LogP contribution < -0.4 is 19.1 Å². The summed E-state index contributed by atoms with van der Waals surface area (Å²) >= 11 is 0. The maximum absolute atomic E-state index is 14.3. The molecule has 0 spiro atoms. The molecule has 0 aliphatic heterocycles. The van der Waals surface area contributed by atoms with Crippen molar-refractivity contribution >= 4 is 27.5 Å². The summed E-state index contributed by atoms with van der Waals surface area (Å²) in [5.74, 6) is 0.292. The summed E-state index contributed by atoms with van der Waals surface area (Å²) in [6, 6.07) is 18.0. The number of nitrogens with one attached hydrogen (secondary N) is 1. The topological polar surface area (TPSA) is 105 Å². The number of amides is 2. The van der Waals surface area contributed by atoms with E-state index in [2.05, 4.69) is 5.32 Å². The molecule has 0 aliphatic rings. The van der Waals surface area contributed by atoms with E-state index in [0.29, 0.717) is 24.5 Å².